The van der Waals surface area contributed by atoms with E-state index >= 15 is 0 Å². The number of ether oxygens (including phenoxy) is 2. The number of hydrogen-bond donors (Lipinski definition) is 6. The third-order valence-electron chi connectivity index (χ3n) is 5.57. The summed E-state index contributed by atoms with van der Waals surface area (Å²) in [6.45, 7) is 1.19. The number of nitrogens with two attached hydrogens (primary N) is 4. The summed E-state index contributed by atoms with van der Waals surface area (Å²) in [5.74, 6) is 1.16. The number of unbranched alkanes of at least 4 members (excludes halogenated alkanes) is 1. The molecule has 0 aromatic heterocycles. The van der Waals surface area contributed by atoms with E-state index in [0.717, 1.165) is 0 Å². The zero-order valence-corrected chi connectivity index (χ0v) is 25.2. The lowest BCUT2D eigenvalue weighted by Gasteiger charge is -2.14. The van der Waals surface area contributed by atoms with Gasteiger partial charge in [0.05, 0.1) is 17.9 Å². The lowest BCUT2D eigenvalue weighted by Crippen LogP contribution is -2.23. The molecular formula is C29H38Cl2N8O4. The monoisotopic (exact) mass is 632 g/mol. The van der Waals surface area contributed by atoms with E-state index < -0.39 is 5.91 Å². The number of para-hydroxylation sites is 1. The number of carbonyl (C=O) groups is 2. The Morgan fingerprint density at radius 2 is 1.30 bits per heavy atom. The van der Waals surface area contributed by atoms with Gasteiger partial charge >= 0.3 is 0 Å². The largest absolute Gasteiger partial charge is 0.494 e. The molecule has 0 spiro atoms. The van der Waals surface area contributed by atoms with Crippen LogP contribution >= 0.6 is 24.8 Å². The molecule has 0 unspecified atom stereocenters. The topological polar surface area (TPSA) is 205 Å². The van der Waals surface area contributed by atoms with E-state index in [0.29, 0.717) is 67.6 Å². The first kappa shape index (κ1) is 36.3. The summed E-state index contributed by atoms with van der Waals surface area (Å²) in [4.78, 5) is 33.8. The average molecular weight is 634 g/mol. The van der Waals surface area contributed by atoms with Crippen molar-refractivity contribution >= 4 is 59.9 Å². The van der Waals surface area contributed by atoms with Crippen molar-refractivity contribution in [3.8, 4) is 17.2 Å². The maximum absolute atomic E-state index is 13.3. The fourth-order valence-electron chi connectivity index (χ4n) is 3.62. The van der Waals surface area contributed by atoms with Gasteiger partial charge in [0.25, 0.3) is 5.91 Å². The summed E-state index contributed by atoms with van der Waals surface area (Å²) < 4.78 is 11.6. The molecule has 0 heterocycles. The Bertz CT molecular complexity index is 1350. The summed E-state index contributed by atoms with van der Waals surface area (Å²) in [5.41, 5.74) is 22.5. The number of anilines is 2. The van der Waals surface area contributed by atoms with Crippen molar-refractivity contribution in [2.45, 2.75) is 25.7 Å². The van der Waals surface area contributed by atoms with E-state index in [4.69, 9.17) is 32.4 Å². The molecule has 0 aliphatic heterocycles. The van der Waals surface area contributed by atoms with Crippen LogP contribution in [0, 0.1) is 0 Å². The summed E-state index contributed by atoms with van der Waals surface area (Å²) in [6.07, 6.45) is 2.05. The van der Waals surface area contributed by atoms with Crippen LogP contribution in [0.4, 0.5) is 11.4 Å². The Kier molecular flexibility index (Phi) is 16.4. The minimum absolute atomic E-state index is 0. The van der Waals surface area contributed by atoms with Crippen LogP contribution in [0.3, 0.4) is 0 Å². The van der Waals surface area contributed by atoms with Gasteiger partial charge in [0.15, 0.2) is 11.9 Å². The van der Waals surface area contributed by atoms with Crippen LogP contribution in [0.5, 0.6) is 17.2 Å². The Labute approximate surface area is 263 Å². The van der Waals surface area contributed by atoms with Gasteiger partial charge in [-0.1, -0.05) is 18.2 Å². The number of guanidine groups is 2. The van der Waals surface area contributed by atoms with Crippen molar-refractivity contribution in [1.29, 1.82) is 0 Å². The summed E-state index contributed by atoms with van der Waals surface area (Å²) in [6, 6.07) is 21.2. The molecule has 10 N–H and O–H groups in total. The van der Waals surface area contributed by atoms with Crippen LogP contribution in [0.15, 0.2) is 82.8 Å². The third-order valence-corrected chi connectivity index (χ3v) is 5.57. The quantitative estimate of drug-likeness (QED) is 0.0818. The van der Waals surface area contributed by atoms with Crippen LogP contribution in [-0.2, 0) is 4.79 Å². The van der Waals surface area contributed by atoms with Crippen LogP contribution < -0.4 is 43.0 Å². The van der Waals surface area contributed by atoms with E-state index in [1.54, 1.807) is 42.5 Å². The number of amides is 2. The lowest BCUT2D eigenvalue weighted by molar-refractivity contribution is -0.116. The van der Waals surface area contributed by atoms with Crippen LogP contribution in [0.1, 0.15) is 36.0 Å². The summed E-state index contributed by atoms with van der Waals surface area (Å²) in [5, 5.41) is 5.69. The molecule has 3 aromatic rings. The minimum atomic E-state index is -0.421. The number of hydrogen-bond acceptors (Lipinski definition) is 6. The Morgan fingerprint density at radius 3 is 1.95 bits per heavy atom. The van der Waals surface area contributed by atoms with Gasteiger partial charge in [-0.3, -0.25) is 19.6 Å². The molecule has 232 valence electrons. The fraction of sp³-hybridized carbons (Fsp3) is 0.241. The molecular weight excluding hydrogens is 595 g/mol. The van der Waals surface area contributed by atoms with Gasteiger partial charge in [-0.15, -0.1) is 24.8 Å². The van der Waals surface area contributed by atoms with Crippen LogP contribution in [0.2, 0.25) is 0 Å². The molecule has 2 amide bonds. The highest BCUT2D eigenvalue weighted by molar-refractivity contribution is 6.10. The average Bonchev–Trinajstić information content (AvgIpc) is 2.94. The van der Waals surface area contributed by atoms with Crippen molar-refractivity contribution in [3.05, 3.63) is 78.4 Å². The number of carbonyl (C=O) groups excluding carboxylic acids is 2. The van der Waals surface area contributed by atoms with Gasteiger partial charge < -0.3 is 43.0 Å². The maximum atomic E-state index is 13.3. The van der Waals surface area contributed by atoms with E-state index in [1.807, 2.05) is 30.3 Å². The maximum Gasteiger partial charge on any atom is 0.257 e. The van der Waals surface area contributed by atoms with E-state index in [-0.39, 0.29) is 54.6 Å². The standard InChI is InChI=1S/C29H36N8O4.2ClH/c30-28(31)34-16-5-4-9-26(38)37-25-15-14-23(40-18-6-17-35-29(32)33)19-24(25)27(39)36-20-10-12-22(13-11-20)41-21-7-2-1-3-8-21;;/h1-3,7-8,10-15,19H,4-6,9,16-18H2,(H,36,39)(H,37,38)(H4,30,31,34)(H4,32,33,35);2*1H. The van der Waals surface area contributed by atoms with Gasteiger partial charge in [-0.2, -0.15) is 0 Å². The number of benzene rings is 3. The third kappa shape index (κ3) is 13.7. The zero-order valence-electron chi connectivity index (χ0n) is 23.5. The number of nitrogens with one attached hydrogen (secondary N) is 2. The Morgan fingerprint density at radius 1 is 0.698 bits per heavy atom. The molecule has 0 aliphatic carbocycles. The van der Waals surface area contributed by atoms with Crippen molar-refractivity contribution in [2.24, 2.45) is 32.9 Å². The summed E-state index contributed by atoms with van der Waals surface area (Å²) >= 11 is 0. The normalized spacial score (nSPS) is 9.77. The number of aliphatic imine (C=N–C) groups is 2. The smallest absolute Gasteiger partial charge is 0.257 e. The fourth-order valence-corrected chi connectivity index (χ4v) is 3.62. The zero-order chi connectivity index (χ0) is 29.5. The molecule has 14 heteroatoms. The molecule has 43 heavy (non-hydrogen) atoms. The predicted molar refractivity (Wildman–Crippen MR) is 176 cm³/mol. The highest BCUT2D eigenvalue weighted by Gasteiger charge is 2.16. The molecule has 12 nitrogen and oxygen atoms in total. The van der Waals surface area contributed by atoms with Gasteiger partial charge in [0.2, 0.25) is 5.91 Å². The van der Waals surface area contributed by atoms with Crippen molar-refractivity contribution in [1.82, 2.24) is 0 Å². The first-order chi connectivity index (χ1) is 19.8. The molecule has 3 aromatic carbocycles. The Hall–Kier alpha value is -4.68. The second-order valence-corrected chi connectivity index (χ2v) is 8.92. The molecule has 0 saturated carbocycles. The predicted octanol–water partition coefficient (Wildman–Crippen LogP) is 4.00. The summed E-state index contributed by atoms with van der Waals surface area (Å²) in [7, 11) is 0. The SMILES string of the molecule is Cl.Cl.NC(N)=NCCCCC(=O)Nc1ccc(OCCCN=C(N)N)cc1C(=O)Nc1ccc(Oc2ccccc2)cc1. The molecule has 0 fully saturated rings. The van der Waals surface area contributed by atoms with Crippen molar-refractivity contribution in [3.63, 3.8) is 0 Å². The molecule has 0 bridgehead atoms. The van der Waals surface area contributed by atoms with Gasteiger partial charge in [-0.25, -0.2) is 0 Å². The first-order valence-electron chi connectivity index (χ1n) is 13.1. The van der Waals surface area contributed by atoms with E-state index in [1.165, 1.54) is 0 Å². The van der Waals surface area contributed by atoms with E-state index in [2.05, 4.69) is 20.6 Å². The molecule has 0 radical (unpaired) electrons. The van der Waals surface area contributed by atoms with E-state index in [9.17, 15) is 9.59 Å². The molecule has 0 aliphatic rings. The van der Waals surface area contributed by atoms with Crippen LogP contribution in [-0.4, -0.2) is 43.4 Å². The first-order valence-corrected chi connectivity index (χ1v) is 13.1. The molecule has 0 atom stereocenters. The second-order valence-electron chi connectivity index (χ2n) is 8.92. The van der Waals surface area contributed by atoms with Crippen molar-refractivity contribution in [2.75, 3.05) is 30.3 Å². The Balaban J connectivity index is 0.00000462. The highest BCUT2D eigenvalue weighted by Crippen LogP contribution is 2.26. The van der Waals surface area contributed by atoms with Gasteiger partial charge in [-0.05, 0) is 67.4 Å². The highest BCUT2D eigenvalue weighted by atomic mass is 35.5. The van der Waals surface area contributed by atoms with Crippen molar-refractivity contribution < 1.29 is 19.1 Å². The second kappa shape index (κ2) is 19.4. The van der Waals surface area contributed by atoms with Gasteiger partial charge in [0, 0.05) is 31.6 Å². The lowest BCUT2D eigenvalue weighted by atomic mass is 10.1. The minimum Gasteiger partial charge on any atom is -0.494 e. The molecule has 3 rings (SSSR count). The molecule has 0 saturated heterocycles. The van der Waals surface area contributed by atoms with Gasteiger partial charge in [0.1, 0.15) is 17.2 Å². The number of nitrogens with zero attached hydrogens (tertiary/aromatic N) is 2. The van der Waals surface area contributed by atoms with Crippen LogP contribution in [0.25, 0.3) is 0 Å². The number of halogens is 2. The number of rotatable bonds is 15.